The van der Waals surface area contributed by atoms with Crippen LogP contribution in [0.3, 0.4) is 0 Å². The monoisotopic (exact) mass is 223 g/mol. The van der Waals surface area contributed by atoms with Gasteiger partial charge in [0.05, 0.1) is 12.8 Å². The lowest BCUT2D eigenvalue weighted by Crippen LogP contribution is -2.34. The molecule has 4 heteroatoms. The molecular formula is C12H14FNO2. The zero-order valence-corrected chi connectivity index (χ0v) is 9.20. The van der Waals surface area contributed by atoms with Gasteiger partial charge in [-0.15, -0.1) is 0 Å². The molecule has 0 bridgehead atoms. The molecule has 0 saturated carbocycles. The van der Waals surface area contributed by atoms with E-state index in [-0.39, 0.29) is 11.6 Å². The van der Waals surface area contributed by atoms with Crippen molar-refractivity contribution >= 4 is 11.5 Å². The highest BCUT2D eigenvalue weighted by Crippen LogP contribution is 2.25. The normalized spacial score (nSPS) is 16.4. The number of ketones is 1. The topological polar surface area (TPSA) is 29.5 Å². The third-order valence-corrected chi connectivity index (χ3v) is 2.82. The minimum absolute atomic E-state index is 0.255. The van der Waals surface area contributed by atoms with Gasteiger partial charge >= 0.3 is 0 Å². The maximum absolute atomic E-state index is 13.7. The van der Waals surface area contributed by atoms with Gasteiger partial charge in [-0.3, -0.25) is 4.79 Å². The van der Waals surface area contributed by atoms with Gasteiger partial charge in [-0.2, -0.15) is 0 Å². The first-order chi connectivity index (χ1) is 7.70. The summed E-state index contributed by atoms with van der Waals surface area (Å²) in [4.78, 5) is 13.0. The van der Waals surface area contributed by atoms with Gasteiger partial charge in [0.25, 0.3) is 0 Å². The van der Waals surface area contributed by atoms with Crippen molar-refractivity contribution in [1.29, 1.82) is 0 Å². The van der Waals surface area contributed by atoms with Gasteiger partial charge in [-0.25, -0.2) is 4.39 Å². The van der Waals surface area contributed by atoms with Crippen molar-refractivity contribution in [2.75, 3.05) is 25.1 Å². The van der Waals surface area contributed by atoms with Crippen LogP contribution < -0.4 is 9.64 Å². The van der Waals surface area contributed by atoms with Gasteiger partial charge in [-0.05, 0) is 12.1 Å². The number of hydrogen-bond acceptors (Lipinski definition) is 3. The number of methoxy groups -OCH3 is 1. The summed E-state index contributed by atoms with van der Waals surface area (Å²) in [5, 5.41) is 0. The van der Waals surface area contributed by atoms with Crippen molar-refractivity contribution in [2.24, 2.45) is 0 Å². The second-order valence-corrected chi connectivity index (χ2v) is 3.84. The molecule has 1 aliphatic heterocycles. The van der Waals surface area contributed by atoms with E-state index in [1.807, 2.05) is 4.90 Å². The molecule has 0 atom stereocenters. The lowest BCUT2D eigenvalue weighted by Gasteiger charge is -2.28. The standard InChI is InChI=1S/C12H14FNO2/c1-16-10-2-3-12(11(13)8-10)14-6-4-9(15)5-7-14/h2-3,8H,4-7H2,1H3. The Morgan fingerprint density at radius 3 is 2.56 bits per heavy atom. The fourth-order valence-electron chi connectivity index (χ4n) is 1.87. The Kier molecular flexibility index (Phi) is 3.08. The number of halogens is 1. The molecule has 0 radical (unpaired) electrons. The largest absolute Gasteiger partial charge is 0.497 e. The summed E-state index contributed by atoms with van der Waals surface area (Å²) in [6, 6.07) is 4.80. The predicted octanol–water partition coefficient (Wildman–Crippen LogP) is 2.00. The van der Waals surface area contributed by atoms with E-state index in [4.69, 9.17) is 4.74 Å². The number of carbonyl (C=O) groups is 1. The number of hydrogen-bond donors (Lipinski definition) is 0. The van der Waals surface area contributed by atoms with Crippen molar-refractivity contribution in [2.45, 2.75) is 12.8 Å². The molecule has 1 aromatic carbocycles. The van der Waals surface area contributed by atoms with E-state index in [1.165, 1.54) is 13.2 Å². The van der Waals surface area contributed by atoms with E-state index in [0.717, 1.165) is 0 Å². The Morgan fingerprint density at radius 2 is 2.00 bits per heavy atom. The van der Waals surface area contributed by atoms with Gasteiger partial charge in [0, 0.05) is 32.0 Å². The maximum Gasteiger partial charge on any atom is 0.150 e. The smallest absolute Gasteiger partial charge is 0.150 e. The molecule has 86 valence electrons. The van der Waals surface area contributed by atoms with Crippen LogP contribution in [0, 0.1) is 5.82 Å². The van der Waals surface area contributed by atoms with E-state index in [2.05, 4.69) is 0 Å². The quantitative estimate of drug-likeness (QED) is 0.768. The summed E-state index contributed by atoms with van der Waals surface area (Å²) in [5.41, 5.74) is 0.549. The third kappa shape index (κ3) is 2.15. The highest BCUT2D eigenvalue weighted by molar-refractivity contribution is 5.81. The van der Waals surface area contributed by atoms with Crippen LogP contribution in [0.5, 0.6) is 5.75 Å². The van der Waals surface area contributed by atoms with Crippen LogP contribution in [-0.2, 0) is 4.79 Å². The molecule has 3 nitrogen and oxygen atoms in total. The van der Waals surface area contributed by atoms with Gasteiger partial charge < -0.3 is 9.64 Å². The number of ether oxygens (including phenoxy) is 1. The number of nitrogens with zero attached hydrogens (tertiary/aromatic N) is 1. The Balaban J connectivity index is 2.17. The van der Waals surface area contributed by atoms with Gasteiger partial charge in [-0.1, -0.05) is 0 Å². The fourth-order valence-corrected chi connectivity index (χ4v) is 1.87. The zero-order valence-electron chi connectivity index (χ0n) is 9.20. The van der Waals surface area contributed by atoms with Crippen molar-refractivity contribution in [3.8, 4) is 5.75 Å². The lowest BCUT2D eigenvalue weighted by molar-refractivity contribution is -0.119. The molecule has 0 aliphatic carbocycles. The molecule has 0 aromatic heterocycles. The maximum atomic E-state index is 13.7. The molecule has 1 aliphatic rings. The second-order valence-electron chi connectivity index (χ2n) is 3.84. The Labute approximate surface area is 93.8 Å². The summed E-state index contributed by atoms with van der Waals surface area (Å²) < 4.78 is 18.7. The molecule has 0 N–H and O–H groups in total. The average Bonchev–Trinajstić information content (AvgIpc) is 2.30. The van der Waals surface area contributed by atoms with Crippen LogP contribution in [0.15, 0.2) is 18.2 Å². The van der Waals surface area contributed by atoms with Crippen LogP contribution in [-0.4, -0.2) is 26.0 Å². The zero-order chi connectivity index (χ0) is 11.5. The van der Waals surface area contributed by atoms with Gasteiger partial charge in [0.1, 0.15) is 17.3 Å². The molecule has 2 rings (SSSR count). The molecule has 1 aromatic rings. The van der Waals surface area contributed by atoms with Crippen LogP contribution in [0.4, 0.5) is 10.1 Å². The number of carbonyl (C=O) groups excluding carboxylic acids is 1. The van der Waals surface area contributed by atoms with Crippen molar-refractivity contribution in [3.63, 3.8) is 0 Å². The predicted molar refractivity (Wildman–Crippen MR) is 59.4 cm³/mol. The number of benzene rings is 1. The third-order valence-electron chi connectivity index (χ3n) is 2.82. The summed E-state index contributed by atoms with van der Waals surface area (Å²) in [7, 11) is 1.51. The molecule has 0 unspecified atom stereocenters. The Hall–Kier alpha value is -1.58. The van der Waals surface area contributed by atoms with E-state index in [9.17, 15) is 9.18 Å². The first kappa shape index (κ1) is 10.9. The average molecular weight is 223 g/mol. The summed E-state index contributed by atoms with van der Waals surface area (Å²) >= 11 is 0. The number of anilines is 1. The van der Waals surface area contributed by atoms with Crippen LogP contribution in [0.25, 0.3) is 0 Å². The molecule has 0 amide bonds. The number of Topliss-reactive ketones (excluding diaryl/α,β-unsaturated/α-hetero) is 1. The van der Waals surface area contributed by atoms with Crippen LogP contribution in [0.2, 0.25) is 0 Å². The lowest BCUT2D eigenvalue weighted by atomic mass is 10.1. The van der Waals surface area contributed by atoms with E-state index >= 15 is 0 Å². The highest BCUT2D eigenvalue weighted by Gasteiger charge is 2.19. The summed E-state index contributed by atoms with van der Waals surface area (Å²) in [6.45, 7) is 1.20. The first-order valence-corrected chi connectivity index (χ1v) is 5.31. The first-order valence-electron chi connectivity index (χ1n) is 5.31. The van der Waals surface area contributed by atoms with Crippen molar-refractivity contribution in [1.82, 2.24) is 0 Å². The van der Waals surface area contributed by atoms with Gasteiger partial charge in [0.2, 0.25) is 0 Å². The summed E-state index contributed by atoms with van der Waals surface area (Å²) in [6.07, 6.45) is 1.01. The van der Waals surface area contributed by atoms with E-state index < -0.39 is 0 Å². The van der Waals surface area contributed by atoms with E-state index in [0.29, 0.717) is 37.4 Å². The summed E-state index contributed by atoms with van der Waals surface area (Å²) in [5.74, 6) is 0.466. The minimum Gasteiger partial charge on any atom is -0.497 e. The van der Waals surface area contributed by atoms with Crippen LogP contribution >= 0.6 is 0 Å². The van der Waals surface area contributed by atoms with Crippen LogP contribution in [0.1, 0.15) is 12.8 Å². The highest BCUT2D eigenvalue weighted by atomic mass is 19.1. The molecule has 1 heterocycles. The number of piperidine rings is 1. The van der Waals surface area contributed by atoms with E-state index in [1.54, 1.807) is 12.1 Å². The molecule has 1 saturated heterocycles. The van der Waals surface area contributed by atoms with Gasteiger partial charge in [0.15, 0.2) is 0 Å². The molecular weight excluding hydrogens is 209 g/mol. The molecule has 0 spiro atoms. The number of rotatable bonds is 2. The van der Waals surface area contributed by atoms with Crippen molar-refractivity contribution < 1.29 is 13.9 Å². The molecule has 16 heavy (non-hydrogen) atoms. The Morgan fingerprint density at radius 1 is 1.31 bits per heavy atom. The minimum atomic E-state index is -0.298. The van der Waals surface area contributed by atoms with Crippen molar-refractivity contribution in [3.05, 3.63) is 24.0 Å². The molecule has 1 fully saturated rings. The SMILES string of the molecule is COc1ccc(N2CCC(=O)CC2)c(F)c1. The Bertz CT molecular complexity index is 396. The second kappa shape index (κ2) is 4.51. The fraction of sp³-hybridized carbons (Fsp3) is 0.417.